The largest absolute Gasteiger partial charge is 0.383 e. The van der Waals surface area contributed by atoms with E-state index in [0.29, 0.717) is 0 Å². The van der Waals surface area contributed by atoms with Crippen LogP contribution >= 0.6 is 0 Å². The Morgan fingerprint density at radius 3 is 2.77 bits per heavy atom. The van der Waals surface area contributed by atoms with Crippen LogP contribution in [-0.2, 0) is 4.79 Å². The van der Waals surface area contributed by atoms with E-state index in [9.17, 15) is 9.18 Å². The van der Waals surface area contributed by atoms with Gasteiger partial charge in [-0.2, -0.15) is 0 Å². The van der Waals surface area contributed by atoms with Gasteiger partial charge in [-0.3, -0.25) is 10.2 Å². The molecule has 0 saturated heterocycles. The molecule has 0 bridgehead atoms. The van der Waals surface area contributed by atoms with Gasteiger partial charge in [-0.1, -0.05) is 6.07 Å². The summed E-state index contributed by atoms with van der Waals surface area (Å²) >= 11 is 0. The molecule has 0 radical (unpaired) electrons. The molecule has 1 amide bonds. The van der Waals surface area contributed by atoms with Crippen molar-refractivity contribution in [2.75, 3.05) is 11.1 Å². The molecule has 1 aromatic heterocycles. The van der Waals surface area contributed by atoms with Gasteiger partial charge >= 0.3 is 0 Å². The Balaban J connectivity index is 2.45. The average molecular weight is 300 g/mol. The van der Waals surface area contributed by atoms with Gasteiger partial charge in [-0.25, -0.2) is 19.4 Å². The Kier molecular flexibility index (Phi) is 4.21. The molecule has 0 spiro atoms. The lowest BCUT2D eigenvalue weighted by Gasteiger charge is -2.10. The van der Waals surface area contributed by atoms with Crippen molar-refractivity contribution in [2.24, 2.45) is 4.99 Å². The number of nitrogens with two attached hydrogens (primary N) is 1. The molecule has 0 unspecified atom stereocenters. The fourth-order valence-electron chi connectivity index (χ4n) is 1.86. The first-order chi connectivity index (χ1) is 10.4. The summed E-state index contributed by atoms with van der Waals surface area (Å²) < 4.78 is 14.0. The molecule has 0 saturated carbocycles. The van der Waals surface area contributed by atoms with Crippen molar-refractivity contribution >= 4 is 35.7 Å². The highest BCUT2D eigenvalue weighted by molar-refractivity contribution is 6.16. The van der Waals surface area contributed by atoms with Crippen LogP contribution in [0.5, 0.6) is 0 Å². The topological polar surface area (TPSA) is 117 Å². The molecule has 2 rings (SSSR count). The number of hydrogen-bond donors (Lipinski definition) is 3. The van der Waals surface area contributed by atoms with Crippen molar-refractivity contribution in [3.05, 3.63) is 41.5 Å². The Morgan fingerprint density at radius 1 is 1.45 bits per heavy atom. The van der Waals surface area contributed by atoms with Gasteiger partial charge < -0.3 is 11.1 Å². The smallest absolute Gasteiger partial charge is 0.221 e. The minimum atomic E-state index is -0.666. The van der Waals surface area contributed by atoms with Crippen LogP contribution in [0.4, 0.5) is 21.7 Å². The standard InChI is InChI=1S/C14H13FN6O/c1-7(22)21-10-4-3-8(5-9(10)15)12(16)11-13(17)19-6-20-14(11)18-2/h3-6,16H,2H2,1H3,(H,21,22)(H2,17,19,20). The quantitative estimate of drug-likeness (QED) is 0.747. The predicted molar refractivity (Wildman–Crippen MR) is 82.3 cm³/mol. The molecule has 4 N–H and O–H groups in total. The second-order valence-electron chi connectivity index (χ2n) is 4.37. The summed E-state index contributed by atoms with van der Waals surface area (Å²) in [5, 5.41) is 10.5. The Morgan fingerprint density at radius 2 is 2.18 bits per heavy atom. The zero-order chi connectivity index (χ0) is 16.3. The minimum Gasteiger partial charge on any atom is -0.383 e. The summed E-state index contributed by atoms with van der Waals surface area (Å²) in [5.41, 5.74) is 6.10. The van der Waals surface area contributed by atoms with Crippen molar-refractivity contribution in [3.8, 4) is 0 Å². The number of benzene rings is 1. The van der Waals surface area contributed by atoms with Crippen LogP contribution in [0.2, 0.25) is 0 Å². The van der Waals surface area contributed by atoms with E-state index < -0.39 is 5.82 Å². The monoisotopic (exact) mass is 300 g/mol. The molecule has 112 valence electrons. The molecule has 7 nitrogen and oxygen atoms in total. The Labute approximate surface area is 125 Å². The number of nitrogen functional groups attached to an aromatic ring is 1. The third-order valence-electron chi connectivity index (χ3n) is 2.82. The fraction of sp³-hybridized carbons (Fsp3) is 0.0714. The number of anilines is 2. The average Bonchev–Trinajstić information content (AvgIpc) is 2.48. The third kappa shape index (κ3) is 2.95. The number of nitrogens with one attached hydrogen (secondary N) is 2. The number of rotatable bonds is 4. The van der Waals surface area contributed by atoms with Crippen LogP contribution in [0.3, 0.4) is 0 Å². The van der Waals surface area contributed by atoms with Gasteiger partial charge in [0.1, 0.15) is 18.0 Å². The van der Waals surface area contributed by atoms with E-state index in [1.54, 1.807) is 0 Å². The number of aromatic nitrogens is 2. The molecule has 0 aliphatic carbocycles. The molecule has 22 heavy (non-hydrogen) atoms. The number of aliphatic imine (C=N–C) groups is 1. The van der Waals surface area contributed by atoms with Gasteiger partial charge in [-0.05, 0) is 18.9 Å². The highest BCUT2D eigenvalue weighted by Gasteiger charge is 2.17. The number of carbonyl (C=O) groups excluding carboxylic acids is 1. The van der Waals surface area contributed by atoms with Crippen molar-refractivity contribution in [3.63, 3.8) is 0 Å². The van der Waals surface area contributed by atoms with Gasteiger partial charge in [0.15, 0.2) is 5.82 Å². The Hall–Kier alpha value is -3.16. The Bertz CT molecular complexity index is 774. The van der Waals surface area contributed by atoms with Crippen LogP contribution in [0.1, 0.15) is 18.1 Å². The van der Waals surface area contributed by atoms with E-state index in [-0.39, 0.29) is 40.1 Å². The number of amides is 1. The molecule has 0 fully saturated rings. The lowest BCUT2D eigenvalue weighted by Crippen LogP contribution is -2.11. The number of nitrogens with zero attached hydrogens (tertiary/aromatic N) is 3. The summed E-state index contributed by atoms with van der Waals surface area (Å²) in [6, 6.07) is 3.96. The van der Waals surface area contributed by atoms with Gasteiger partial charge in [0.25, 0.3) is 0 Å². The van der Waals surface area contributed by atoms with E-state index >= 15 is 0 Å². The van der Waals surface area contributed by atoms with Gasteiger partial charge in [0, 0.05) is 12.5 Å². The van der Waals surface area contributed by atoms with Crippen molar-refractivity contribution in [1.82, 2.24) is 9.97 Å². The first kappa shape index (κ1) is 15.2. The second-order valence-corrected chi connectivity index (χ2v) is 4.37. The summed E-state index contributed by atoms with van der Waals surface area (Å²) in [7, 11) is 0. The first-order valence-corrected chi connectivity index (χ1v) is 6.17. The van der Waals surface area contributed by atoms with Crippen molar-refractivity contribution in [2.45, 2.75) is 6.92 Å². The molecule has 1 aromatic carbocycles. The fourth-order valence-corrected chi connectivity index (χ4v) is 1.86. The summed E-state index contributed by atoms with van der Waals surface area (Å²) in [6.07, 6.45) is 1.20. The zero-order valence-corrected chi connectivity index (χ0v) is 11.7. The predicted octanol–water partition coefficient (Wildman–Crippen LogP) is 1.90. The molecule has 0 atom stereocenters. The van der Waals surface area contributed by atoms with E-state index in [1.807, 2.05) is 0 Å². The van der Waals surface area contributed by atoms with Crippen molar-refractivity contribution < 1.29 is 9.18 Å². The SMILES string of the molecule is C=Nc1ncnc(N)c1C(=N)c1ccc(NC(C)=O)c(F)c1. The normalized spacial score (nSPS) is 10.1. The molecule has 0 aliphatic heterocycles. The highest BCUT2D eigenvalue weighted by atomic mass is 19.1. The van der Waals surface area contributed by atoms with Crippen LogP contribution in [0.15, 0.2) is 29.5 Å². The maximum Gasteiger partial charge on any atom is 0.221 e. The number of hydrogen-bond acceptors (Lipinski definition) is 6. The van der Waals surface area contributed by atoms with Gasteiger partial charge in [0.2, 0.25) is 5.91 Å². The lowest BCUT2D eigenvalue weighted by molar-refractivity contribution is -0.114. The van der Waals surface area contributed by atoms with E-state index in [2.05, 4.69) is 27.0 Å². The number of halogens is 1. The summed E-state index contributed by atoms with van der Waals surface area (Å²) in [6.45, 7) is 4.64. The lowest BCUT2D eigenvalue weighted by atomic mass is 10.0. The first-order valence-electron chi connectivity index (χ1n) is 6.17. The third-order valence-corrected chi connectivity index (χ3v) is 2.82. The number of carbonyl (C=O) groups is 1. The molecule has 2 aromatic rings. The summed E-state index contributed by atoms with van der Waals surface area (Å²) in [4.78, 5) is 22.3. The van der Waals surface area contributed by atoms with Crippen LogP contribution in [-0.4, -0.2) is 28.3 Å². The van der Waals surface area contributed by atoms with Crippen LogP contribution in [0, 0.1) is 11.2 Å². The van der Waals surface area contributed by atoms with Crippen LogP contribution in [0.25, 0.3) is 0 Å². The molecule has 1 heterocycles. The molecule has 0 aliphatic rings. The van der Waals surface area contributed by atoms with E-state index in [1.165, 1.54) is 25.4 Å². The van der Waals surface area contributed by atoms with Gasteiger partial charge in [0.05, 0.1) is 17.0 Å². The van der Waals surface area contributed by atoms with Gasteiger partial charge in [-0.15, -0.1) is 0 Å². The molecular formula is C14H13FN6O. The summed E-state index contributed by atoms with van der Waals surface area (Å²) in [5.74, 6) is -0.862. The van der Waals surface area contributed by atoms with Crippen molar-refractivity contribution in [1.29, 1.82) is 5.41 Å². The minimum absolute atomic E-state index is 0.0309. The van der Waals surface area contributed by atoms with E-state index in [4.69, 9.17) is 11.1 Å². The zero-order valence-electron chi connectivity index (χ0n) is 11.7. The maximum atomic E-state index is 14.0. The second kappa shape index (κ2) is 6.08. The van der Waals surface area contributed by atoms with E-state index in [0.717, 1.165) is 6.07 Å². The molecule has 8 heteroatoms. The molecular weight excluding hydrogens is 287 g/mol. The highest BCUT2D eigenvalue weighted by Crippen LogP contribution is 2.25. The maximum absolute atomic E-state index is 14.0. The van der Waals surface area contributed by atoms with Crippen LogP contribution < -0.4 is 11.1 Å².